The molecule has 1 N–H and O–H groups in total. The van der Waals surface area contributed by atoms with Gasteiger partial charge in [-0.15, -0.1) is 0 Å². The third-order valence-corrected chi connectivity index (χ3v) is 2.72. The van der Waals surface area contributed by atoms with Gasteiger partial charge in [-0.3, -0.25) is 0 Å². The molecule has 0 aliphatic heterocycles. The van der Waals surface area contributed by atoms with Gasteiger partial charge in [-0.25, -0.2) is 9.97 Å². The van der Waals surface area contributed by atoms with Crippen LogP contribution < -0.4 is 0 Å². The Kier molecular flexibility index (Phi) is 3.49. The Morgan fingerprint density at radius 1 is 1.24 bits per heavy atom. The normalized spacial score (nSPS) is 12.4. The molecule has 88 valence electrons. The van der Waals surface area contributed by atoms with E-state index in [0.717, 1.165) is 17.5 Å². The van der Waals surface area contributed by atoms with Crippen LogP contribution in [0.25, 0.3) is 0 Å². The molecule has 1 aromatic heterocycles. The molecule has 1 aromatic carbocycles. The Bertz CT molecular complexity index is 494. The third-order valence-electron chi connectivity index (χ3n) is 2.72. The highest BCUT2D eigenvalue weighted by atomic mass is 16.3. The average molecular weight is 228 g/mol. The van der Waals surface area contributed by atoms with Crippen molar-refractivity contribution < 1.29 is 5.11 Å². The minimum Gasteiger partial charge on any atom is -0.380 e. The summed E-state index contributed by atoms with van der Waals surface area (Å²) in [7, 11) is 0. The molecule has 0 aliphatic carbocycles. The smallest absolute Gasteiger partial charge is 0.161 e. The summed E-state index contributed by atoms with van der Waals surface area (Å²) in [5.74, 6) is 0.448. The van der Waals surface area contributed by atoms with Crippen LogP contribution >= 0.6 is 0 Å². The summed E-state index contributed by atoms with van der Waals surface area (Å²) in [5, 5.41) is 10.2. The van der Waals surface area contributed by atoms with E-state index >= 15 is 0 Å². The van der Waals surface area contributed by atoms with Crippen molar-refractivity contribution in [2.45, 2.75) is 26.4 Å². The summed E-state index contributed by atoms with van der Waals surface area (Å²) in [4.78, 5) is 8.30. The zero-order valence-corrected chi connectivity index (χ0v) is 10.1. The summed E-state index contributed by atoms with van der Waals surface area (Å²) in [6, 6.07) is 7.89. The van der Waals surface area contributed by atoms with Crippen molar-refractivity contribution in [1.82, 2.24) is 9.97 Å². The molecule has 2 rings (SSSR count). The van der Waals surface area contributed by atoms with Crippen LogP contribution in [0, 0.1) is 6.92 Å². The highest BCUT2D eigenvalue weighted by Crippen LogP contribution is 2.19. The second-order valence-corrected chi connectivity index (χ2v) is 4.12. The van der Waals surface area contributed by atoms with Crippen molar-refractivity contribution in [3.8, 4) is 0 Å². The van der Waals surface area contributed by atoms with E-state index in [9.17, 15) is 5.11 Å². The molecule has 1 atom stereocenters. The summed E-state index contributed by atoms with van der Waals surface area (Å²) in [5.41, 5.74) is 3.03. The van der Waals surface area contributed by atoms with E-state index < -0.39 is 6.10 Å². The van der Waals surface area contributed by atoms with Crippen molar-refractivity contribution in [2.24, 2.45) is 0 Å². The fourth-order valence-electron chi connectivity index (χ4n) is 1.68. The van der Waals surface area contributed by atoms with E-state index in [4.69, 9.17) is 0 Å². The number of hydrogen-bond donors (Lipinski definition) is 1. The lowest BCUT2D eigenvalue weighted by molar-refractivity contribution is 0.209. The first kappa shape index (κ1) is 11.7. The third kappa shape index (κ3) is 2.68. The molecule has 3 nitrogen and oxygen atoms in total. The first-order valence-corrected chi connectivity index (χ1v) is 5.76. The first-order valence-electron chi connectivity index (χ1n) is 5.76. The van der Waals surface area contributed by atoms with Crippen LogP contribution in [-0.2, 0) is 6.42 Å². The lowest BCUT2D eigenvalue weighted by Gasteiger charge is -2.10. The van der Waals surface area contributed by atoms with Crippen LogP contribution in [0.1, 0.15) is 35.5 Å². The van der Waals surface area contributed by atoms with Gasteiger partial charge in [-0.05, 0) is 30.0 Å². The van der Waals surface area contributed by atoms with Gasteiger partial charge >= 0.3 is 0 Å². The number of aromatic nitrogens is 2. The van der Waals surface area contributed by atoms with Gasteiger partial charge in [0.2, 0.25) is 0 Å². The van der Waals surface area contributed by atoms with E-state index in [1.807, 2.05) is 31.2 Å². The molecule has 0 saturated carbocycles. The van der Waals surface area contributed by atoms with Crippen molar-refractivity contribution in [3.05, 3.63) is 59.2 Å². The number of hydrogen-bond acceptors (Lipinski definition) is 3. The number of benzene rings is 1. The van der Waals surface area contributed by atoms with Gasteiger partial charge in [0.1, 0.15) is 6.10 Å². The fraction of sp³-hybridized carbons (Fsp3) is 0.286. The fourth-order valence-corrected chi connectivity index (χ4v) is 1.68. The van der Waals surface area contributed by atoms with Gasteiger partial charge in [0.25, 0.3) is 0 Å². The highest BCUT2D eigenvalue weighted by molar-refractivity contribution is 5.28. The Hall–Kier alpha value is -1.74. The van der Waals surface area contributed by atoms with Crippen LogP contribution in [0.4, 0.5) is 0 Å². The molecule has 17 heavy (non-hydrogen) atoms. The number of nitrogens with zero attached hydrogens (tertiary/aromatic N) is 2. The monoisotopic (exact) mass is 228 g/mol. The van der Waals surface area contributed by atoms with E-state index in [-0.39, 0.29) is 0 Å². The lowest BCUT2D eigenvalue weighted by Crippen LogP contribution is -2.05. The number of aliphatic hydroxyl groups is 1. The van der Waals surface area contributed by atoms with Crippen LogP contribution in [0.5, 0.6) is 0 Å². The molecule has 3 heteroatoms. The molecule has 0 amide bonds. The van der Waals surface area contributed by atoms with Crippen LogP contribution in [0.3, 0.4) is 0 Å². The standard InChI is InChI=1S/C14H16N2O/c1-3-11-5-4-6-12(7-11)13(17)14-15-8-10(2)9-16-14/h4-9,13,17H,3H2,1-2H3. The van der Waals surface area contributed by atoms with Crippen LogP contribution in [-0.4, -0.2) is 15.1 Å². The minimum atomic E-state index is -0.748. The zero-order valence-electron chi connectivity index (χ0n) is 10.1. The second kappa shape index (κ2) is 5.06. The molecule has 0 radical (unpaired) electrons. The summed E-state index contributed by atoms with van der Waals surface area (Å²) in [6.45, 7) is 4.02. The summed E-state index contributed by atoms with van der Waals surface area (Å²) in [6.07, 6.45) is 3.64. The van der Waals surface area contributed by atoms with Crippen molar-refractivity contribution in [1.29, 1.82) is 0 Å². The topological polar surface area (TPSA) is 46.0 Å². The average Bonchev–Trinajstić information content (AvgIpc) is 2.39. The van der Waals surface area contributed by atoms with Crippen molar-refractivity contribution in [2.75, 3.05) is 0 Å². The summed E-state index contributed by atoms with van der Waals surface area (Å²) < 4.78 is 0. The molecule has 0 fully saturated rings. The predicted molar refractivity (Wildman–Crippen MR) is 66.7 cm³/mol. The van der Waals surface area contributed by atoms with E-state index in [1.165, 1.54) is 5.56 Å². The maximum atomic E-state index is 10.2. The molecule has 0 bridgehead atoms. The van der Waals surface area contributed by atoms with Gasteiger partial charge in [0, 0.05) is 12.4 Å². The maximum absolute atomic E-state index is 10.2. The van der Waals surface area contributed by atoms with Gasteiger partial charge in [0.15, 0.2) is 5.82 Å². The van der Waals surface area contributed by atoms with Crippen molar-refractivity contribution in [3.63, 3.8) is 0 Å². The minimum absolute atomic E-state index is 0.448. The quantitative estimate of drug-likeness (QED) is 0.877. The van der Waals surface area contributed by atoms with E-state index in [2.05, 4.69) is 16.9 Å². The molecular formula is C14H16N2O. The van der Waals surface area contributed by atoms with Gasteiger partial charge < -0.3 is 5.11 Å². The van der Waals surface area contributed by atoms with Gasteiger partial charge in [-0.2, -0.15) is 0 Å². The van der Waals surface area contributed by atoms with Crippen molar-refractivity contribution >= 4 is 0 Å². The number of aryl methyl sites for hydroxylation is 2. The van der Waals surface area contributed by atoms with Gasteiger partial charge in [-0.1, -0.05) is 31.2 Å². The first-order chi connectivity index (χ1) is 8.20. The molecule has 0 aliphatic rings. The Labute approximate surface area is 101 Å². The molecular weight excluding hydrogens is 212 g/mol. The summed E-state index contributed by atoms with van der Waals surface area (Å²) >= 11 is 0. The van der Waals surface area contributed by atoms with Crippen LogP contribution in [0.15, 0.2) is 36.7 Å². The zero-order chi connectivity index (χ0) is 12.3. The highest BCUT2D eigenvalue weighted by Gasteiger charge is 2.13. The number of rotatable bonds is 3. The van der Waals surface area contributed by atoms with Crippen LogP contribution in [0.2, 0.25) is 0 Å². The largest absolute Gasteiger partial charge is 0.380 e. The van der Waals surface area contributed by atoms with E-state index in [1.54, 1.807) is 12.4 Å². The van der Waals surface area contributed by atoms with Gasteiger partial charge in [0.05, 0.1) is 0 Å². The maximum Gasteiger partial charge on any atom is 0.161 e. The second-order valence-electron chi connectivity index (χ2n) is 4.12. The molecule has 0 spiro atoms. The lowest BCUT2D eigenvalue weighted by atomic mass is 10.0. The Morgan fingerprint density at radius 2 is 1.94 bits per heavy atom. The molecule has 2 aromatic rings. The molecule has 0 saturated heterocycles. The number of aliphatic hydroxyl groups excluding tert-OH is 1. The molecule has 1 heterocycles. The SMILES string of the molecule is CCc1cccc(C(O)c2ncc(C)cn2)c1. The Morgan fingerprint density at radius 3 is 2.59 bits per heavy atom. The van der Waals surface area contributed by atoms with E-state index in [0.29, 0.717) is 5.82 Å². The molecule has 1 unspecified atom stereocenters. The predicted octanol–water partition coefficient (Wildman–Crippen LogP) is 2.43. The Balaban J connectivity index is 2.29.